The lowest BCUT2D eigenvalue weighted by molar-refractivity contribution is 0.248. The monoisotopic (exact) mass is 301 g/mol. The molecule has 0 spiro atoms. The van der Waals surface area contributed by atoms with Crippen molar-refractivity contribution in [3.05, 3.63) is 64.7 Å². The van der Waals surface area contributed by atoms with Crippen molar-refractivity contribution in [1.29, 1.82) is 0 Å². The SMILES string of the molecule is COc1ccc(CN2CCCC2c2ccc(Cl)cc2)cc1. The van der Waals surface area contributed by atoms with E-state index in [0.29, 0.717) is 6.04 Å². The summed E-state index contributed by atoms with van der Waals surface area (Å²) in [6, 6.07) is 17.1. The van der Waals surface area contributed by atoms with E-state index in [1.54, 1.807) is 7.11 Å². The van der Waals surface area contributed by atoms with Gasteiger partial charge in [0, 0.05) is 17.6 Å². The molecule has 1 unspecified atom stereocenters. The molecule has 2 aromatic carbocycles. The summed E-state index contributed by atoms with van der Waals surface area (Å²) in [6.07, 6.45) is 2.47. The van der Waals surface area contributed by atoms with Gasteiger partial charge in [0.15, 0.2) is 0 Å². The van der Waals surface area contributed by atoms with Gasteiger partial charge in [-0.25, -0.2) is 0 Å². The van der Waals surface area contributed by atoms with E-state index in [1.807, 2.05) is 24.3 Å². The molecule has 0 amide bonds. The molecule has 2 aromatic rings. The number of halogens is 1. The average molecular weight is 302 g/mol. The highest BCUT2D eigenvalue weighted by Gasteiger charge is 2.25. The van der Waals surface area contributed by atoms with Crippen LogP contribution in [-0.4, -0.2) is 18.6 Å². The fourth-order valence-electron chi connectivity index (χ4n) is 3.04. The summed E-state index contributed by atoms with van der Waals surface area (Å²) >= 11 is 5.99. The Hall–Kier alpha value is -1.51. The van der Waals surface area contributed by atoms with E-state index < -0.39 is 0 Å². The van der Waals surface area contributed by atoms with E-state index in [0.717, 1.165) is 23.9 Å². The molecule has 21 heavy (non-hydrogen) atoms. The lowest BCUT2D eigenvalue weighted by Gasteiger charge is -2.25. The highest BCUT2D eigenvalue weighted by Crippen LogP contribution is 2.33. The van der Waals surface area contributed by atoms with E-state index >= 15 is 0 Å². The number of nitrogens with zero attached hydrogens (tertiary/aromatic N) is 1. The Morgan fingerprint density at radius 2 is 1.81 bits per heavy atom. The Labute approximate surface area is 131 Å². The van der Waals surface area contributed by atoms with Crippen LogP contribution in [-0.2, 0) is 6.54 Å². The van der Waals surface area contributed by atoms with Crippen LogP contribution < -0.4 is 4.74 Å². The zero-order chi connectivity index (χ0) is 14.7. The summed E-state index contributed by atoms with van der Waals surface area (Å²) in [7, 11) is 1.70. The van der Waals surface area contributed by atoms with Crippen LogP contribution in [0.3, 0.4) is 0 Å². The van der Waals surface area contributed by atoms with Crippen LogP contribution >= 0.6 is 11.6 Å². The smallest absolute Gasteiger partial charge is 0.118 e. The summed E-state index contributed by atoms with van der Waals surface area (Å²) in [5.41, 5.74) is 2.70. The number of methoxy groups -OCH3 is 1. The molecule has 1 aliphatic rings. The summed E-state index contributed by atoms with van der Waals surface area (Å²) in [5.74, 6) is 0.912. The molecule has 1 fully saturated rings. The van der Waals surface area contributed by atoms with Crippen molar-refractivity contribution < 1.29 is 4.74 Å². The maximum Gasteiger partial charge on any atom is 0.118 e. The van der Waals surface area contributed by atoms with Crippen LogP contribution in [0.4, 0.5) is 0 Å². The molecule has 0 bridgehead atoms. The van der Waals surface area contributed by atoms with Crippen molar-refractivity contribution >= 4 is 11.6 Å². The molecule has 1 heterocycles. The van der Waals surface area contributed by atoms with Gasteiger partial charge in [0.25, 0.3) is 0 Å². The van der Waals surface area contributed by atoms with Crippen LogP contribution in [0.15, 0.2) is 48.5 Å². The third kappa shape index (κ3) is 3.39. The highest BCUT2D eigenvalue weighted by atomic mass is 35.5. The molecule has 0 aromatic heterocycles. The van der Waals surface area contributed by atoms with Crippen LogP contribution in [0.5, 0.6) is 5.75 Å². The summed E-state index contributed by atoms with van der Waals surface area (Å²) in [6.45, 7) is 2.14. The van der Waals surface area contributed by atoms with Crippen molar-refractivity contribution in [1.82, 2.24) is 4.90 Å². The third-order valence-corrected chi connectivity index (χ3v) is 4.42. The lowest BCUT2D eigenvalue weighted by Crippen LogP contribution is -2.22. The number of rotatable bonds is 4. The highest BCUT2D eigenvalue weighted by molar-refractivity contribution is 6.30. The predicted octanol–water partition coefficient (Wildman–Crippen LogP) is 4.69. The van der Waals surface area contributed by atoms with Crippen LogP contribution in [0, 0.1) is 0 Å². The molecule has 1 aliphatic heterocycles. The second kappa shape index (κ2) is 6.50. The topological polar surface area (TPSA) is 12.5 Å². The van der Waals surface area contributed by atoms with Gasteiger partial charge in [-0.2, -0.15) is 0 Å². The van der Waals surface area contributed by atoms with Crippen molar-refractivity contribution in [2.75, 3.05) is 13.7 Å². The lowest BCUT2D eigenvalue weighted by atomic mass is 10.0. The maximum atomic E-state index is 5.99. The molecule has 0 radical (unpaired) electrons. The number of likely N-dealkylation sites (tertiary alicyclic amines) is 1. The van der Waals surface area contributed by atoms with Gasteiger partial charge in [-0.1, -0.05) is 35.9 Å². The molecule has 3 heteroatoms. The van der Waals surface area contributed by atoms with Gasteiger partial charge >= 0.3 is 0 Å². The first-order valence-electron chi connectivity index (χ1n) is 7.39. The van der Waals surface area contributed by atoms with Gasteiger partial charge in [0.05, 0.1) is 7.11 Å². The zero-order valence-corrected chi connectivity index (χ0v) is 13.0. The van der Waals surface area contributed by atoms with E-state index in [4.69, 9.17) is 16.3 Å². The maximum absolute atomic E-state index is 5.99. The Bertz CT molecular complexity index is 579. The van der Waals surface area contributed by atoms with Crippen LogP contribution in [0.1, 0.15) is 30.0 Å². The standard InChI is InChI=1S/C18H20ClNO/c1-21-17-10-4-14(5-11-17)13-20-12-2-3-18(20)15-6-8-16(19)9-7-15/h4-11,18H,2-3,12-13H2,1H3. The molecule has 1 saturated heterocycles. The van der Waals surface area contributed by atoms with E-state index in [1.165, 1.54) is 24.0 Å². The normalized spacial score (nSPS) is 18.9. The van der Waals surface area contributed by atoms with Gasteiger partial charge in [-0.15, -0.1) is 0 Å². The van der Waals surface area contributed by atoms with Gasteiger partial charge in [-0.3, -0.25) is 4.90 Å². The number of hydrogen-bond acceptors (Lipinski definition) is 2. The molecule has 0 N–H and O–H groups in total. The van der Waals surface area contributed by atoms with Crippen molar-refractivity contribution in [2.45, 2.75) is 25.4 Å². The Balaban J connectivity index is 1.72. The average Bonchev–Trinajstić information content (AvgIpc) is 2.97. The predicted molar refractivity (Wildman–Crippen MR) is 86.8 cm³/mol. The van der Waals surface area contributed by atoms with E-state index in [9.17, 15) is 0 Å². The first kappa shape index (κ1) is 14.4. The van der Waals surface area contributed by atoms with Gasteiger partial charge in [0.1, 0.15) is 5.75 Å². The molecule has 0 aliphatic carbocycles. The van der Waals surface area contributed by atoms with Gasteiger partial charge in [-0.05, 0) is 54.8 Å². The molecule has 0 saturated carbocycles. The van der Waals surface area contributed by atoms with Crippen molar-refractivity contribution in [3.63, 3.8) is 0 Å². The second-order valence-corrected chi connectivity index (χ2v) is 5.96. The minimum atomic E-state index is 0.504. The second-order valence-electron chi connectivity index (χ2n) is 5.53. The van der Waals surface area contributed by atoms with Gasteiger partial charge < -0.3 is 4.74 Å². The Kier molecular flexibility index (Phi) is 4.47. The van der Waals surface area contributed by atoms with Crippen molar-refractivity contribution in [3.8, 4) is 5.75 Å². The minimum Gasteiger partial charge on any atom is -0.497 e. The molecular formula is C18H20ClNO. The number of benzene rings is 2. The fraction of sp³-hybridized carbons (Fsp3) is 0.333. The summed E-state index contributed by atoms with van der Waals surface area (Å²) < 4.78 is 5.21. The number of hydrogen-bond donors (Lipinski definition) is 0. The molecule has 3 rings (SSSR count). The van der Waals surface area contributed by atoms with E-state index in [-0.39, 0.29) is 0 Å². The Morgan fingerprint density at radius 1 is 1.10 bits per heavy atom. The first-order valence-corrected chi connectivity index (χ1v) is 7.76. The van der Waals surface area contributed by atoms with Crippen molar-refractivity contribution in [2.24, 2.45) is 0 Å². The zero-order valence-electron chi connectivity index (χ0n) is 12.3. The van der Waals surface area contributed by atoms with Crippen LogP contribution in [0.25, 0.3) is 0 Å². The Morgan fingerprint density at radius 3 is 2.48 bits per heavy atom. The fourth-order valence-corrected chi connectivity index (χ4v) is 3.17. The molecule has 2 nitrogen and oxygen atoms in total. The third-order valence-electron chi connectivity index (χ3n) is 4.16. The summed E-state index contributed by atoms with van der Waals surface area (Å²) in [5, 5.41) is 0.804. The quantitative estimate of drug-likeness (QED) is 0.812. The van der Waals surface area contributed by atoms with Gasteiger partial charge in [0.2, 0.25) is 0 Å². The first-order chi connectivity index (χ1) is 10.3. The molecule has 1 atom stereocenters. The van der Waals surface area contributed by atoms with E-state index in [2.05, 4.69) is 29.2 Å². The molecule has 110 valence electrons. The largest absolute Gasteiger partial charge is 0.497 e. The van der Waals surface area contributed by atoms with Crippen LogP contribution in [0.2, 0.25) is 5.02 Å². The number of ether oxygens (including phenoxy) is 1. The minimum absolute atomic E-state index is 0.504. The molecular weight excluding hydrogens is 282 g/mol. The summed E-state index contributed by atoms with van der Waals surface area (Å²) in [4.78, 5) is 2.55.